The molecule has 0 atom stereocenters. The van der Waals surface area contributed by atoms with Crippen LogP contribution in [-0.2, 0) is 12.0 Å². The SMILES string of the molecule is CC(C)c1cc(CN2CCC2)cc(C(C)(C)C)c1O. The van der Waals surface area contributed by atoms with Gasteiger partial charge in [0.1, 0.15) is 5.75 Å². The Morgan fingerprint density at radius 3 is 2.26 bits per heavy atom. The van der Waals surface area contributed by atoms with Crippen LogP contribution in [0.4, 0.5) is 0 Å². The van der Waals surface area contributed by atoms with E-state index in [1.165, 1.54) is 25.1 Å². The maximum atomic E-state index is 10.5. The quantitative estimate of drug-likeness (QED) is 0.888. The topological polar surface area (TPSA) is 23.5 Å². The molecule has 0 bridgehead atoms. The minimum Gasteiger partial charge on any atom is -0.507 e. The van der Waals surface area contributed by atoms with Gasteiger partial charge in [-0.2, -0.15) is 0 Å². The fourth-order valence-corrected chi connectivity index (χ4v) is 2.62. The highest BCUT2D eigenvalue weighted by molar-refractivity contribution is 5.48. The fourth-order valence-electron chi connectivity index (χ4n) is 2.62. The van der Waals surface area contributed by atoms with Crippen molar-refractivity contribution in [3.05, 3.63) is 28.8 Å². The predicted octanol–water partition coefficient (Wildman–Crippen LogP) is 4.02. The summed E-state index contributed by atoms with van der Waals surface area (Å²) in [4.78, 5) is 2.46. The van der Waals surface area contributed by atoms with E-state index in [4.69, 9.17) is 0 Å². The van der Waals surface area contributed by atoms with Gasteiger partial charge in [-0.1, -0.05) is 46.8 Å². The molecule has 1 fully saturated rings. The van der Waals surface area contributed by atoms with Crippen LogP contribution >= 0.6 is 0 Å². The van der Waals surface area contributed by atoms with E-state index in [0.29, 0.717) is 11.7 Å². The minimum absolute atomic E-state index is 0.0152. The van der Waals surface area contributed by atoms with Gasteiger partial charge >= 0.3 is 0 Å². The molecule has 1 aromatic rings. The Labute approximate surface area is 117 Å². The van der Waals surface area contributed by atoms with Crippen LogP contribution in [0.2, 0.25) is 0 Å². The highest BCUT2D eigenvalue weighted by atomic mass is 16.3. The van der Waals surface area contributed by atoms with Gasteiger partial charge < -0.3 is 5.11 Å². The van der Waals surface area contributed by atoms with Crippen molar-refractivity contribution in [1.29, 1.82) is 0 Å². The molecule has 1 aromatic carbocycles. The first-order valence-corrected chi connectivity index (χ1v) is 7.37. The molecule has 2 nitrogen and oxygen atoms in total. The second-order valence-electron chi connectivity index (χ2n) is 7.12. The molecule has 0 radical (unpaired) electrons. The summed E-state index contributed by atoms with van der Waals surface area (Å²) in [6.45, 7) is 14.2. The van der Waals surface area contributed by atoms with Gasteiger partial charge in [0.05, 0.1) is 0 Å². The maximum absolute atomic E-state index is 10.5. The highest BCUT2D eigenvalue weighted by Gasteiger charge is 2.23. The molecule has 2 rings (SSSR count). The predicted molar refractivity (Wildman–Crippen MR) is 80.8 cm³/mol. The average Bonchev–Trinajstić information content (AvgIpc) is 2.23. The first-order chi connectivity index (χ1) is 8.79. The Hall–Kier alpha value is -1.02. The van der Waals surface area contributed by atoms with Crippen LogP contribution in [0.5, 0.6) is 5.75 Å². The van der Waals surface area contributed by atoms with E-state index in [9.17, 15) is 5.11 Å². The van der Waals surface area contributed by atoms with Gasteiger partial charge in [-0.3, -0.25) is 4.90 Å². The summed E-state index contributed by atoms with van der Waals surface area (Å²) < 4.78 is 0. The van der Waals surface area contributed by atoms with Crippen molar-refractivity contribution in [1.82, 2.24) is 4.90 Å². The largest absolute Gasteiger partial charge is 0.507 e. The number of hydrogen-bond acceptors (Lipinski definition) is 2. The van der Waals surface area contributed by atoms with E-state index in [2.05, 4.69) is 51.7 Å². The molecule has 1 aliphatic rings. The van der Waals surface area contributed by atoms with Crippen molar-refractivity contribution in [2.45, 2.75) is 58.9 Å². The van der Waals surface area contributed by atoms with Crippen molar-refractivity contribution in [2.75, 3.05) is 13.1 Å². The van der Waals surface area contributed by atoms with Crippen molar-refractivity contribution in [3.8, 4) is 5.75 Å². The second kappa shape index (κ2) is 5.16. The van der Waals surface area contributed by atoms with E-state index < -0.39 is 0 Å². The van der Waals surface area contributed by atoms with Crippen LogP contribution in [0.3, 0.4) is 0 Å². The molecule has 2 heteroatoms. The Kier molecular flexibility index (Phi) is 3.91. The summed E-state index contributed by atoms with van der Waals surface area (Å²) >= 11 is 0. The van der Waals surface area contributed by atoms with E-state index in [0.717, 1.165) is 17.7 Å². The zero-order chi connectivity index (χ0) is 14.2. The lowest BCUT2D eigenvalue weighted by molar-refractivity contribution is 0.172. The number of hydrogen-bond donors (Lipinski definition) is 1. The molecule has 106 valence electrons. The summed E-state index contributed by atoms with van der Waals surface area (Å²) in [5, 5.41) is 10.5. The van der Waals surface area contributed by atoms with Gasteiger partial charge in [0.15, 0.2) is 0 Å². The van der Waals surface area contributed by atoms with Crippen LogP contribution in [0.1, 0.15) is 63.6 Å². The van der Waals surface area contributed by atoms with Gasteiger partial charge in [-0.05, 0) is 47.5 Å². The van der Waals surface area contributed by atoms with Crippen molar-refractivity contribution in [2.24, 2.45) is 0 Å². The third kappa shape index (κ3) is 3.11. The molecule has 0 aromatic heterocycles. The molecular weight excluding hydrogens is 234 g/mol. The molecule has 0 unspecified atom stereocenters. The first kappa shape index (κ1) is 14.4. The lowest BCUT2D eigenvalue weighted by Crippen LogP contribution is -2.36. The molecule has 0 spiro atoms. The van der Waals surface area contributed by atoms with Crippen LogP contribution in [0.25, 0.3) is 0 Å². The molecule has 1 N–H and O–H groups in total. The Balaban J connectivity index is 2.41. The molecule has 0 amide bonds. The van der Waals surface area contributed by atoms with Gasteiger partial charge in [-0.15, -0.1) is 0 Å². The van der Waals surface area contributed by atoms with E-state index >= 15 is 0 Å². The molecule has 1 heterocycles. The third-order valence-corrected chi connectivity index (χ3v) is 3.98. The molecule has 0 saturated carbocycles. The smallest absolute Gasteiger partial charge is 0.122 e. The lowest BCUT2D eigenvalue weighted by Gasteiger charge is -2.32. The number of phenols is 1. The Morgan fingerprint density at radius 1 is 1.21 bits per heavy atom. The van der Waals surface area contributed by atoms with Crippen molar-refractivity contribution >= 4 is 0 Å². The molecule has 1 aliphatic heterocycles. The van der Waals surface area contributed by atoms with E-state index in [1.54, 1.807) is 0 Å². The standard InChI is InChI=1S/C17H27NO/c1-12(2)14-9-13(11-18-7-6-8-18)10-15(16(14)19)17(3,4)5/h9-10,12,19H,6-8,11H2,1-5H3. The Bertz CT molecular complexity index is 453. The molecular formula is C17H27NO. The lowest BCUT2D eigenvalue weighted by atomic mass is 9.82. The second-order valence-corrected chi connectivity index (χ2v) is 7.12. The van der Waals surface area contributed by atoms with Crippen LogP contribution in [0.15, 0.2) is 12.1 Å². The van der Waals surface area contributed by atoms with E-state index in [-0.39, 0.29) is 5.41 Å². The van der Waals surface area contributed by atoms with Crippen LogP contribution in [-0.4, -0.2) is 23.1 Å². The normalized spacial score (nSPS) is 16.7. The average molecular weight is 261 g/mol. The molecule has 19 heavy (non-hydrogen) atoms. The summed E-state index contributed by atoms with van der Waals surface area (Å²) in [6, 6.07) is 4.38. The molecule has 1 saturated heterocycles. The highest BCUT2D eigenvalue weighted by Crippen LogP contribution is 2.37. The van der Waals surface area contributed by atoms with E-state index in [1.807, 2.05) is 0 Å². The molecule has 0 aliphatic carbocycles. The number of benzene rings is 1. The van der Waals surface area contributed by atoms with Crippen molar-refractivity contribution < 1.29 is 5.11 Å². The summed E-state index contributed by atoms with van der Waals surface area (Å²) in [5.41, 5.74) is 3.49. The zero-order valence-electron chi connectivity index (χ0n) is 13.0. The number of nitrogens with zero attached hydrogens (tertiary/aromatic N) is 1. The fraction of sp³-hybridized carbons (Fsp3) is 0.647. The number of aromatic hydroxyl groups is 1. The monoisotopic (exact) mass is 261 g/mol. The van der Waals surface area contributed by atoms with Crippen LogP contribution in [0, 0.1) is 0 Å². The first-order valence-electron chi connectivity index (χ1n) is 7.37. The van der Waals surface area contributed by atoms with Gasteiger partial charge in [0, 0.05) is 6.54 Å². The van der Waals surface area contributed by atoms with Gasteiger partial charge in [-0.25, -0.2) is 0 Å². The third-order valence-electron chi connectivity index (χ3n) is 3.98. The van der Waals surface area contributed by atoms with Crippen LogP contribution < -0.4 is 0 Å². The zero-order valence-corrected chi connectivity index (χ0v) is 13.0. The summed E-state index contributed by atoms with van der Waals surface area (Å²) in [5.74, 6) is 0.854. The summed E-state index contributed by atoms with van der Waals surface area (Å²) in [6.07, 6.45) is 1.32. The minimum atomic E-state index is -0.0152. The maximum Gasteiger partial charge on any atom is 0.122 e. The van der Waals surface area contributed by atoms with Gasteiger partial charge in [0.2, 0.25) is 0 Å². The Morgan fingerprint density at radius 2 is 1.84 bits per heavy atom. The van der Waals surface area contributed by atoms with Crippen molar-refractivity contribution in [3.63, 3.8) is 0 Å². The number of phenolic OH excluding ortho intramolecular Hbond substituents is 1. The summed E-state index contributed by atoms with van der Waals surface area (Å²) in [7, 11) is 0. The number of rotatable bonds is 3. The number of likely N-dealkylation sites (tertiary alicyclic amines) is 1. The van der Waals surface area contributed by atoms with Gasteiger partial charge in [0.25, 0.3) is 0 Å².